The van der Waals surface area contributed by atoms with Crippen LogP contribution >= 0.6 is 11.3 Å². The fourth-order valence-corrected chi connectivity index (χ4v) is 4.33. The Morgan fingerprint density at radius 2 is 2.11 bits per heavy atom. The lowest BCUT2D eigenvalue weighted by atomic mass is 9.93. The summed E-state index contributed by atoms with van der Waals surface area (Å²) in [5.74, 6) is -0.547. The van der Waals surface area contributed by atoms with Gasteiger partial charge in [0.05, 0.1) is 53.2 Å². The number of primary amides is 1. The molecule has 2 N–H and O–H groups in total. The van der Waals surface area contributed by atoms with E-state index in [1.165, 1.54) is 11.3 Å². The van der Waals surface area contributed by atoms with E-state index in [9.17, 15) is 4.79 Å². The molecule has 0 atom stereocenters. The first-order valence-corrected chi connectivity index (χ1v) is 10.2. The minimum Gasteiger partial charge on any atom is -0.382 e. The van der Waals surface area contributed by atoms with E-state index < -0.39 is 5.91 Å². The Morgan fingerprint density at radius 1 is 1.29 bits per heavy atom. The molecule has 0 bridgehead atoms. The first kappa shape index (κ1) is 19.0. The molecule has 0 saturated heterocycles. The summed E-state index contributed by atoms with van der Waals surface area (Å²) in [6, 6.07) is 2.15. The van der Waals surface area contributed by atoms with Crippen LogP contribution in [0.25, 0.3) is 21.5 Å². The summed E-state index contributed by atoms with van der Waals surface area (Å²) in [4.78, 5) is 21.7. The van der Waals surface area contributed by atoms with Crippen molar-refractivity contribution in [2.75, 3.05) is 20.3 Å². The Hall–Kier alpha value is -2.36. The summed E-state index contributed by atoms with van der Waals surface area (Å²) in [5.41, 5.74) is 9.07. The van der Waals surface area contributed by atoms with Gasteiger partial charge in [-0.25, -0.2) is 4.98 Å². The molecule has 3 aromatic rings. The van der Waals surface area contributed by atoms with E-state index in [0.717, 1.165) is 35.9 Å². The van der Waals surface area contributed by atoms with Crippen LogP contribution in [0.2, 0.25) is 0 Å². The number of nitrogens with two attached hydrogens (primary N) is 1. The van der Waals surface area contributed by atoms with E-state index in [0.29, 0.717) is 24.4 Å². The molecule has 0 unspecified atom stereocenters. The molecule has 9 heteroatoms. The number of carbonyl (C=O) groups excluding carboxylic acids is 1. The van der Waals surface area contributed by atoms with Gasteiger partial charge < -0.3 is 15.2 Å². The number of carbonyl (C=O) groups is 1. The van der Waals surface area contributed by atoms with Gasteiger partial charge in [-0.15, -0.1) is 11.3 Å². The number of methoxy groups -OCH3 is 1. The van der Waals surface area contributed by atoms with Crippen molar-refractivity contribution < 1.29 is 14.3 Å². The normalized spacial score (nSPS) is 19.9. The Labute approximate surface area is 166 Å². The number of ether oxygens (including phenoxy) is 2. The molecule has 1 saturated carbocycles. The van der Waals surface area contributed by atoms with E-state index in [4.69, 9.17) is 15.2 Å². The quantitative estimate of drug-likeness (QED) is 0.610. The Morgan fingerprint density at radius 3 is 2.79 bits per heavy atom. The zero-order valence-electron chi connectivity index (χ0n) is 15.7. The zero-order valence-corrected chi connectivity index (χ0v) is 16.5. The number of amides is 1. The fraction of sp³-hybridized carbons (Fsp3) is 0.474. The van der Waals surface area contributed by atoms with Crippen LogP contribution in [0.4, 0.5) is 0 Å². The Balaban J connectivity index is 1.60. The Kier molecular flexibility index (Phi) is 5.65. The molecule has 28 heavy (non-hydrogen) atoms. The maximum absolute atomic E-state index is 12.1. The molecule has 148 valence electrons. The first-order chi connectivity index (χ1) is 13.7. The summed E-state index contributed by atoms with van der Waals surface area (Å²) in [7, 11) is 1.67. The lowest BCUT2D eigenvalue weighted by molar-refractivity contribution is -0.00690. The lowest BCUT2D eigenvalue weighted by Gasteiger charge is -2.29. The van der Waals surface area contributed by atoms with Crippen LogP contribution < -0.4 is 5.73 Å². The van der Waals surface area contributed by atoms with Gasteiger partial charge in [-0.3, -0.25) is 14.5 Å². The fourth-order valence-electron chi connectivity index (χ4n) is 3.75. The van der Waals surface area contributed by atoms with E-state index in [2.05, 4.69) is 15.1 Å². The standard InChI is InChI=1S/C19H23N5O3S/c1-26-6-7-27-14-4-2-13(3-5-14)24-18-12(9-22-24)8-15(16-10-21-11-28-16)23-17(18)19(20)25/h8-11,13-14H,2-7H2,1H3,(H2,20,25). The van der Waals surface area contributed by atoms with Gasteiger partial charge in [-0.2, -0.15) is 5.10 Å². The molecule has 4 rings (SSSR count). The summed E-state index contributed by atoms with van der Waals surface area (Å²) in [6.07, 6.45) is 7.54. The zero-order chi connectivity index (χ0) is 19.5. The second-order valence-corrected chi connectivity index (χ2v) is 7.79. The predicted molar refractivity (Wildman–Crippen MR) is 106 cm³/mol. The van der Waals surface area contributed by atoms with Gasteiger partial charge in [0.15, 0.2) is 5.69 Å². The molecule has 0 aliphatic heterocycles. The van der Waals surface area contributed by atoms with Crippen LogP contribution in [0.1, 0.15) is 42.2 Å². The maximum Gasteiger partial charge on any atom is 0.269 e. The monoisotopic (exact) mass is 401 g/mol. The SMILES string of the molecule is COCCOC1CCC(n2ncc3cc(-c4cncs4)nc(C(N)=O)c32)CC1. The third-order valence-corrected chi connectivity index (χ3v) is 5.92. The maximum atomic E-state index is 12.1. The number of nitrogens with zero attached hydrogens (tertiary/aromatic N) is 4. The molecule has 3 heterocycles. The largest absolute Gasteiger partial charge is 0.382 e. The smallest absolute Gasteiger partial charge is 0.269 e. The van der Waals surface area contributed by atoms with Crippen LogP contribution in [-0.4, -0.2) is 52.1 Å². The highest BCUT2D eigenvalue weighted by Crippen LogP contribution is 2.34. The second kappa shape index (κ2) is 8.34. The number of hydrogen-bond acceptors (Lipinski definition) is 7. The van der Waals surface area contributed by atoms with Gasteiger partial charge in [0, 0.05) is 18.7 Å². The average Bonchev–Trinajstić information content (AvgIpc) is 3.38. The summed E-state index contributed by atoms with van der Waals surface area (Å²) in [6.45, 7) is 1.23. The molecule has 0 aromatic carbocycles. The molecular weight excluding hydrogens is 378 g/mol. The van der Waals surface area contributed by atoms with Crippen LogP contribution in [0.15, 0.2) is 24.0 Å². The minimum absolute atomic E-state index is 0.203. The first-order valence-electron chi connectivity index (χ1n) is 9.35. The van der Waals surface area contributed by atoms with Gasteiger partial charge >= 0.3 is 0 Å². The van der Waals surface area contributed by atoms with E-state index in [-0.39, 0.29) is 17.8 Å². The summed E-state index contributed by atoms with van der Waals surface area (Å²) < 4.78 is 12.8. The number of rotatable bonds is 7. The number of thiazole rings is 1. The van der Waals surface area contributed by atoms with Crippen LogP contribution in [0, 0.1) is 0 Å². The number of fused-ring (bicyclic) bond motifs is 1. The van der Waals surface area contributed by atoms with Crippen LogP contribution in [-0.2, 0) is 9.47 Å². The van der Waals surface area contributed by atoms with E-state index in [1.807, 2.05) is 10.7 Å². The highest BCUT2D eigenvalue weighted by molar-refractivity contribution is 7.13. The van der Waals surface area contributed by atoms with Crippen molar-refractivity contribution in [1.29, 1.82) is 0 Å². The highest BCUT2D eigenvalue weighted by atomic mass is 32.1. The molecule has 1 fully saturated rings. The molecule has 3 aromatic heterocycles. The number of pyridine rings is 1. The van der Waals surface area contributed by atoms with Gasteiger partial charge in [0.25, 0.3) is 5.91 Å². The van der Waals surface area contributed by atoms with Crippen LogP contribution in [0.3, 0.4) is 0 Å². The van der Waals surface area contributed by atoms with Gasteiger partial charge in [0.1, 0.15) is 0 Å². The molecule has 1 aliphatic carbocycles. The Bertz CT molecular complexity index is 948. The van der Waals surface area contributed by atoms with E-state index >= 15 is 0 Å². The van der Waals surface area contributed by atoms with Crippen molar-refractivity contribution in [3.63, 3.8) is 0 Å². The van der Waals surface area contributed by atoms with Crippen molar-refractivity contribution in [2.24, 2.45) is 5.73 Å². The number of hydrogen-bond donors (Lipinski definition) is 1. The van der Waals surface area contributed by atoms with E-state index in [1.54, 1.807) is 25.0 Å². The predicted octanol–water partition coefficient (Wildman–Crippen LogP) is 2.80. The van der Waals surface area contributed by atoms with Crippen molar-refractivity contribution in [3.05, 3.63) is 29.7 Å². The minimum atomic E-state index is -0.547. The van der Waals surface area contributed by atoms with Gasteiger partial charge in [-0.05, 0) is 31.7 Å². The molecular formula is C19H23N5O3S. The molecule has 8 nitrogen and oxygen atoms in total. The van der Waals surface area contributed by atoms with Crippen molar-refractivity contribution in [3.8, 4) is 10.6 Å². The molecule has 0 spiro atoms. The molecule has 1 aliphatic rings. The second-order valence-electron chi connectivity index (χ2n) is 6.91. The topological polar surface area (TPSA) is 105 Å². The lowest BCUT2D eigenvalue weighted by Crippen LogP contribution is -2.26. The molecule has 0 radical (unpaired) electrons. The third kappa shape index (κ3) is 3.78. The summed E-state index contributed by atoms with van der Waals surface area (Å²) >= 11 is 1.47. The number of aromatic nitrogens is 4. The summed E-state index contributed by atoms with van der Waals surface area (Å²) in [5, 5.41) is 5.45. The average molecular weight is 401 g/mol. The van der Waals surface area contributed by atoms with Crippen molar-refractivity contribution in [2.45, 2.75) is 37.8 Å². The van der Waals surface area contributed by atoms with Crippen molar-refractivity contribution >= 4 is 28.1 Å². The highest BCUT2D eigenvalue weighted by Gasteiger charge is 2.26. The van der Waals surface area contributed by atoms with Crippen LogP contribution in [0.5, 0.6) is 0 Å². The van der Waals surface area contributed by atoms with Gasteiger partial charge in [0.2, 0.25) is 0 Å². The van der Waals surface area contributed by atoms with Gasteiger partial charge in [-0.1, -0.05) is 0 Å². The third-order valence-electron chi connectivity index (χ3n) is 5.12. The molecule has 1 amide bonds. The van der Waals surface area contributed by atoms with Crippen molar-refractivity contribution in [1.82, 2.24) is 19.7 Å².